The number of aromatic hydroxyl groups is 1. The van der Waals surface area contributed by atoms with Crippen molar-refractivity contribution in [3.05, 3.63) is 48.2 Å². The number of rotatable bonds is 4. The molecule has 114 valence electrons. The largest absolute Gasteiger partial charge is 0.506 e. The molecule has 0 spiro atoms. The van der Waals surface area contributed by atoms with Gasteiger partial charge in [0.05, 0.1) is 22.8 Å². The van der Waals surface area contributed by atoms with Crippen LogP contribution in [0.4, 0.5) is 0 Å². The van der Waals surface area contributed by atoms with Crippen molar-refractivity contribution in [3.8, 4) is 5.75 Å². The summed E-state index contributed by atoms with van der Waals surface area (Å²) in [5.41, 5.74) is 2.14. The molecule has 0 atom stereocenters. The van der Waals surface area contributed by atoms with E-state index in [-0.39, 0.29) is 11.7 Å². The second kappa shape index (κ2) is 5.69. The number of carbonyl (C=O) groups excluding carboxylic acids is 1. The molecule has 5 heteroatoms. The van der Waals surface area contributed by atoms with E-state index < -0.39 is 0 Å². The zero-order chi connectivity index (χ0) is 15.7. The molecule has 22 heavy (non-hydrogen) atoms. The number of esters is 1. The fourth-order valence-corrected chi connectivity index (χ4v) is 2.53. The summed E-state index contributed by atoms with van der Waals surface area (Å²) < 4.78 is 7.20. The number of carbonyl (C=O) groups is 1. The summed E-state index contributed by atoms with van der Waals surface area (Å²) in [5.74, 6) is -0.188. The van der Waals surface area contributed by atoms with Crippen molar-refractivity contribution in [1.29, 1.82) is 0 Å². The number of benzene rings is 1. The number of ether oxygens (including phenoxy) is 1. The number of hydrogen-bond acceptors (Lipinski definition) is 4. The summed E-state index contributed by atoms with van der Waals surface area (Å²) in [5, 5.41) is 10.5. The minimum absolute atomic E-state index is 0.153. The number of nitrogens with zero attached hydrogens (tertiary/aromatic N) is 2. The van der Waals surface area contributed by atoms with Crippen LogP contribution in [-0.4, -0.2) is 47.6 Å². The van der Waals surface area contributed by atoms with E-state index >= 15 is 0 Å². The highest BCUT2D eigenvalue weighted by Gasteiger charge is 2.19. The first-order valence-electron chi connectivity index (χ1n) is 7.11. The number of aromatic nitrogens is 1. The van der Waals surface area contributed by atoms with Gasteiger partial charge < -0.3 is 19.1 Å². The van der Waals surface area contributed by atoms with E-state index in [4.69, 9.17) is 4.74 Å². The minimum atomic E-state index is -0.341. The van der Waals surface area contributed by atoms with E-state index in [9.17, 15) is 9.90 Å². The van der Waals surface area contributed by atoms with E-state index in [0.717, 1.165) is 16.4 Å². The van der Waals surface area contributed by atoms with Gasteiger partial charge in [-0.1, -0.05) is 18.2 Å². The summed E-state index contributed by atoms with van der Waals surface area (Å²) in [7, 11) is 3.86. The van der Waals surface area contributed by atoms with Gasteiger partial charge in [0.2, 0.25) is 0 Å². The van der Waals surface area contributed by atoms with Crippen molar-refractivity contribution in [2.45, 2.75) is 0 Å². The van der Waals surface area contributed by atoms with E-state index in [0.29, 0.717) is 18.7 Å². The Bertz CT molecular complexity index is 836. The van der Waals surface area contributed by atoms with Gasteiger partial charge in [0.15, 0.2) is 0 Å². The van der Waals surface area contributed by atoms with Crippen molar-refractivity contribution in [1.82, 2.24) is 9.30 Å². The van der Waals surface area contributed by atoms with Crippen LogP contribution in [0.2, 0.25) is 0 Å². The number of para-hydroxylation sites is 1. The summed E-state index contributed by atoms with van der Waals surface area (Å²) in [6.45, 7) is 1.02. The highest BCUT2D eigenvalue weighted by atomic mass is 16.5. The molecule has 0 aliphatic heterocycles. The van der Waals surface area contributed by atoms with Crippen molar-refractivity contribution in [3.63, 3.8) is 0 Å². The fraction of sp³-hybridized carbons (Fsp3) is 0.235. The summed E-state index contributed by atoms with van der Waals surface area (Å²) >= 11 is 0. The van der Waals surface area contributed by atoms with Gasteiger partial charge in [0.25, 0.3) is 0 Å². The molecule has 0 aliphatic carbocycles. The molecule has 0 amide bonds. The van der Waals surface area contributed by atoms with Crippen LogP contribution in [0.1, 0.15) is 10.4 Å². The average molecular weight is 298 g/mol. The Balaban J connectivity index is 2.08. The maximum atomic E-state index is 12.5. The van der Waals surface area contributed by atoms with E-state index in [1.54, 1.807) is 18.3 Å². The second-order valence-electron chi connectivity index (χ2n) is 5.47. The monoisotopic (exact) mass is 298 g/mol. The number of pyridine rings is 1. The normalized spacial score (nSPS) is 11.4. The third kappa shape index (κ3) is 2.51. The van der Waals surface area contributed by atoms with Crippen molar-refractivity contribution < 1.29 is 14.6 Å². The minimum Gasteiger partial charge on any atom is -0.506 e. The Labute approximate surface area is 128 Å². The molecule has 1 N–H and O–H groups in total. The van der Waals surface area contributed by atoms with E-state index in [2.05, 4.69) is 0 Å². The van der Waals surface area contributed by atoms with Crippen LogP contribution in [0.15, 0.2) is 42.6 Å². The molecule has 1 aromatic carbocycles. The van der Waals surface area contributed by atoms with Gasteiger partial charge >= 0.3 is 5.97 Å². The van der Waals surface area contributed by atoms with Crippen molar-refractivity contribution >= 4 is 22.4 Å². The van der Waals surface area contributed by atoms with Gasteiger partial charge in [-0.3, -0.25) is 0 Å². The summed E-state index contributed by atoms with van der Waals surface area (Å²) in [4.78, 5) is 14.4. The predicted octanol–water partition coefficient (Wildman–Crippen LogP) is 2.52. The lowest BCUT2D eigenvalue weighted by atomic mass is 10.1. The molecule has 0 bridgehead atoms. The van der Waals surface area contributed by atoms with Crippen LogP contribution in [0.3, 0.4) is 0 Å². The Kier molecular flexibility index (Phi) is 3.73. The number of hydrogen-bond donors (Lipinski definition) is 1. The van der Waals surface area contributed by atoms with Gasteiger partial charge in [-0.05, 0) is 32.3 Å². The van der Waals surface area contributed by atoms with Crippen LogP contribution in [-0.2, 0) is 4.74 Å². The van der Waals surface area contributed by atoms with Crippen LogP contribution in [0.25, 0.3) is 16.4 Å². The highest BCUT2D eigenvalue weighted by Crippen LogP contribution is 2.28. The van der Waals surface area contributed by atoms with Crippen molar-refractivity contribution in [2.24, 2.45) is 0 Å². The Hall–Kier alpha value is -2.53. The Morgan fingerprint density at radius 3 is 2.73 bits per heavy atom. The van der Waals surface area contributed by atoms with Gasteiger partial charge in [-0.2, -0.15) is 0 Å². The highest BCUT2D eigenvalue weighted by molar-refractivity contribution is 6.11. The average Bonchev–Trinajstić information content (AvgIpc) is 2.80. The molecule has 0 fully saturated rings. The Morgan fingerprint density at radius 2 is 1.95 bits per heavy atom. The molecular weight excluding hydrogens is 280 g/mol. The molecule has 2 heterocycles. The SMILES string of the molecule is CN(C)CCOC(=O)c1c2ccccc2n2cc(O)ccc12. The summed E-state index contributed by atoms with van der Waals surface area (Å²) in [6.07, 6.45) is 1.61. The lowest BCUT2D eigenvalue weighted by Gasteiger charge is -2.09. The van der Waals surface area contributed by atoms with E-state index in [1.165, 1.54) is 0 Å². The zero-order valence-electron chi connectivity index (χ0n) is 12.6. The van der Waals surface area contributed by atoms with Crippen LogP contribution in [0.5, 0.6) is 5.75 Å². The smallest absolute Gasteiger partial charge is 0.341 e. The molecule has 0 unspecified atom stereocenters. The topological polar surface area (TPSA) is 54.2 Å². The molecule has 3 aromatic rings. The molecule has 5 nitrogen and oxygen atoms in total. The lowest BCUT2D eigenvalue weighted by Crippen LogP contribution is -2.20. The first-order chi connectivity index (χ1) is 10.6. The Morgan fingerprint density at radius 1 is 1.18 bits per heavy atom. The van der Waals surface area contributed by atoms with Crippen molar-refractivity contribution in [2.75, 3.05) is 27.2 Å². The van der Waals surface area contributed by atoms with Crippen LogP contribution in [0, 0.1) is 0 Å². The van der Waals surface area contributed by atoms with Gasteiger partial charge in [-0.15, -0.1) is 0 Å². The molecule has 0 radical (unpaired) electrons. The molecule has 0 saturated heterocycles. The standard InChI is InChI=1S/C17H18N2O3/c1-18(2)9-10-22-17(21)16-13-5-3-4-6-14(13)19-11-12(20)7-8-15(16)19/h3-8,11,20H,9-10H2,1-2H3. The van der Waals surface area contributed by atoms with Gasteiger partial charge in [0.1, 0.15) is 12.4 Å². The van der Waals surface area contributed by atoms with Gasteiger partial charge in [0, 0.05) is 11.9 Å². The molecule has 0 aliphatic rings. The quantitative estimate of drug-likeness (QED) is 0.752. The first-order valence-corrected chi connectivity index (χ1v) is 7.11. The maximum absolute atomic E-state index is 12.5. The molecule has 2 aromatic heterocycles. The maximum Gasteiger partial charge on any atom is 0.341 e. The molecule has 3 rings (SSSR count). The first kappa shape index (κ1) is 14.4. The zero-order valence-corrected chi connectivity index (χ0v) is 12.6. The lowest BCUT2D eigenvalue weighted by molar-refractivity contribution is 0.0486. The fourth-order valence-electron chi connectivity index (χ4n) is 2.53. The van der Waals surface area contributed by atoms with Gasteiger partial charge in [-0.25, -0.2) is 4.79 Å². The second-order valence-corrected chi connectivity index (χ2v) is 5.47. The predicted molar refractivity (Wildman–Crippen MR) is 85.4 cm³/mol. The molecule has 0 saturated carbocycles. The third-order valence-corrected chi connectivity index (χ3v) is 3.60. The number of likely N-dealkylation sites (N-methyl/N-ethyl adjacent to an activating group) is 1. The van der Waals surface area contributed by atoms with Crippen LogP contribution >= 0.6 is 0 Å². The number of fused-ring (bicyclic) bond motifs is 3. The molecular formula is C17H18N2O3. The third-order valence-electron chi connectivity index (χ3n) is 3.60. The van der Waals surface area contributed by atoms with E-state index in [1.807, 2.05) is 47.7 Å². The van der Waals surface area contributed by atoms with Crippen LogP contribution < -0.4 is 0 Å². The summed E-state index contributed by atoms with van der Waals surface area (Å²) in [6, 6.07) is 10.9.